The number of halogens is 1. The fourth-order valence-electron chi connectivity index (χ4n) is 1.84. The quantitative estimate of drug-likeness (QED) is 0.884. The highest BCUT2D eigenvalue weighted by Crippen LogP contribution is 2.27. The van der Waals surface area contributed by atoms with Gasteiger partial charge in [-0.05, 0) is 45.8 Å². The Kier molecular flexibility index (Phi) is 4.82. The van der Waals surface area contributed by atoms with E-state index >= 15 is 0 Å². The Bertz CT molecular complexity index is 528. The van der Waals surface area contributed by atoms with Crippen LogP contribution < -0.4 is 10.1 Å². The van der Waals surface area contributed by atoms with E-state index in [1.807, 2.05) is 48.5 Å². The van der Waals surface area contributed by atoms with Gasteiger partial charge in [-0.15, -0.1) is 0 Å². The van der Waals surface area contributed by atoms with Gasteiger partial charge in [0.2, 0.25) is 0 Å². The van der Waals surface area contributed by atoms with Gasteiger partial charge in [-0.25, -0.2) is 0 Å². The third-order valence-electron chi connectivity index (χ3n) is 2.90. The van der Waals surface area contributed by atoms with E-state index in [4.69, 9.17) is 4.74 Å². The molecule has 0 aliphatic carbocycles. The minimum absolute atomic E-state index is 0.0215. The summed E-state index contributed by atoms with van der Waals surface area (Å²) in [5.74, 6) is 0.807. The van der Waals surface area contributed by atoms with E-state index in [1.54, 1.807) is 7.11 Å². The van der Waals surface area contributed by atoms with Crippen LogP contribution in [0.4, 0.5) is 5.69 Å². The number of rotatable bonds is 5. The fraction of sp³-hybridized carbons (Fsp3) is 0.200. The first-order chi connectivity index (χ1) is 9.24. The number of anilines is 1. The molecule has 0 bridgehead atoms. The van der Waals surface area contributed by atoms with Crippen molar-refractivity contribution in [2.45, 2.75) is 6.04 Å². The SMILES string of the molecule is COc1ccc(C(CO)Nc2ccccc2Br)cc1. The highest BCUT2D eigenvalue weighted by atomic mass is 79.9. The highest BCUT2D eigenvalue weighted by Gasteiger charge is 2.11. The van der Waals surface area contributed by atoms with Gasteiger partial charge in [0.25, 0.3) is 0 Å². The van der Waals surface area contributed by atoms with E-state index in [0.29, 0.717) is 0 Å². The second-order valence-electron chi connectivity index (χ2n) is 4.13. The summed E-state index contributed by atoms with van der Waals surface area (Å²) in [4.78, 5) is 0. The maximum Gasteiger partial charge on any atom is 0.118 e. The first-order valence-corrected chi connectivity index (χ1v) is 6.79. The van der Waals surface area contributed by atoms with Gasteiger partial charge in [0.15, 0.2) is 0 Å². The molecule has 2 rings (SSSR count). The molecule has 0 saturated carbocycles. The minimum Gasteiger partial charge on any atom is -0.497 e. The molecule has 0 aromatic heterocycles. The molecule has 19 heavy (non-hydrogen) atoms. The van der Waals surface area contributed by atoms with Crippen LogP contribution in [0.5, 0.6) is 5.75 Å². The topological polar surface area (TPSA) is 41.5 Å². The zero-order valence-electron chi connectivity index (χ0n) is 10.6. The van der Waals surface area contributed by atoms with Crippen LogP contribution >= 0.6 is 15.9 Å². The molecule has 0 radical (unpaired) electrons. The lowest BCUT2D eigenvalue weighted by Gasteiger charge is -2.19. The predicted octanol–water partition coefficient (Wildman–Crippen LogP) is 3.60. The molecule has 2 aromatic carbocycles. The van der Waals surface area contributed by atoms with Gasteiger partial charge >= 0.3 is 0 Å². The van der Waals surface area contributed by atoms with Crippen molar-refractivity contribution in [1.29, 1.82) is 0 Å². The van der Waals surface area contributed by atoms with Crippen LogP contribution in [0.15, 0.2) is 53.0 Å². The normalized spacial score (nSPS) is 11.9. The summed E-state index contributed by atoms with van der Waals surface area (Å²) in [6.07, 6.45) is 0. The lowest BCUT2D eigenvalue weighted by Crippen LogP contribution is -2.15. The molecular weight excluding hydrogens is 306 g/mol. The molecule has 0 amide bonds. The molecule has 2 aromatic rings. The average Bonchev–Trinajstić information content (AvgIpc) is 2.47. The number of aliphatic hydroxyl groups is 1. The van der Waals surface area contributed by atoms with Gasteiger partial charge in [0.05, 0.1) is 19.8 Å². The van der Waals surface area contributed by atoms with Crippen molar-refractivity contribution in [3.63, 3.8) is 0 Å². The number of aliphatic hydroxyl groups excluding tert-OH is 1. The Morgan fingerprint density at radius 2 is 1.84 bits per heavy atom. The fourth-order valence-corrected chi connectivity index (χ4v) is 2.24. The Morgan fingerprint density at radius 1 is 1.16 bits per heavy atom. The van der Waals surface area contributed by atoms with Crippen molar-refractivity contribution in [1.82, 2.24) is 0 Å². The van der Waals surface area contributed by atoms with Crippen LogP contribution in [0.25, 0.3) is 0 Å². The zero-order valence-corrected chi connectivity index (χ0v) is 12.2. The molecule has 2 N–H and O–H groups in total. The van der Waals surface area contributed by atoms with Gasteiger partial charge in [0, 0.05) is 10.2 Å². The third-order valence-corrected chi connectivity index (χ3v) is 3.60. The predicted molar refractivity (Wildman–Crippen MR) is 80.6 cm³/mol. The van der Waals surface area contributed by atoms with Crippen LogP contribution in [0.1, 0.15) is 11.6 Å². The van der Waals surface area contributed by atoms with Gasteiger partial charge in [-0.1, -0.05) is 24.3 Å². The lowest BCUT2D eigenvalue weighted by molar-refractivity contribution is 0.276. The molecule has 0 fully saturated rings. The summed E-state index contributed by atoms with van der Waals surface area (Å²) in [6.45, 7) is 0.0215. The molecule has 0 heterocycles. The summed E-state index contributed by atoms with van der Waals surface area (Å²) in [5, 5.41) is 12.9. The molecule has 1 atom stereocenters. The first-order valence-electron chi connectivity index (χ1n) is 6.00. The first kappa shape index (κ1) is 13.9. The molecule has 4 heteroatoms. The van der Waals surface area contributed by atoms with Crippen molar-refractivity contribution < 1.29 is 9.84 Å². The number of para-hydroxylation sites is 1. The highest BCUT2D eigenvalue weighted by molar-refractivity contribution is 9.10. The minimum atomic E-state index is -0.149. The zero-order chi connectivity index (χ0) is 13.7. The summed E-state index contributed by atoms with van der Waals surface area (Å²) >= 11 is 3.49. The monoisotopic (exact) mass is 321 g/mol. The van der Waals surface area contributed by atoms with E-state index in [0.717, 1.165) is 21.5 Å². The van der Waals surface area contributed by atoms with Crippen molar-refractivity contribution in [3.8, 4) is 5.75 Å². The maximum atomic E-state index is 9.55. The molecule has 0 spiro atoms. The molecule has 0 aliphatic heterocycles. The molecule has 3 nitrogen and oxygen atoms in total. The van der Waals surface area contributed by atoms with Crippen molar-refractivity contribution in [2.75, 3.05) is 19.0 Å². The van der Waals surface area contributed by atoms with Crippen molar-refractivity contribution in [3.05, 3.63) is 58.6 Å². The van der Waals surface area contributed by atoms with Crippen LogP contribution in [0.2, 0.25) is 0 Å². The maximum absolute atomic E-state index is 9.55. The van der Waals surface area contributed by atoms with Crippen molar-refractivity contribution in [2.24, 2.45) is 0 Å². The molecular formula is C15H16BrNO2. The van der Waals surface area contributed by atoms with E-state index < -0.39 is 0 Å². The summed E-state index contributed by atoms with van der Waals surface area (Å²) in [7, 11) is 1.64. The van der Waals surface area contributed by atoms with E-state index in [1.165, 1.54) is 0 Å². The second-order valence-corrected chi connectivity index (χ2v) is 4.99. The number of hydrogen-bond acceptors (Lipinski definition) is 3. The van der Waals surface area contributed by atoms with E-state index in [9.17, 15) is 5.11 Å². The second kappa shape index (κ2) is 6.59. The third kappa shape index (κ3) is 3.49. The Balaban J connectivity index is 2.17. The van der Waals surface area contributed by atoms with Crippen LogP contribution in [-0.2, 0) is 0 Å². The van der Waals surface area contributed by atoms with Crippen LogP contribution in [0.3, 0.4) is 0 Å². The lowest BCUT2D eigenvalue weighted by atomic mass is 10.1. The van der Waals surface area contributed by atoms with Gasteiger partial charge in [-0.3, -0.25) is 0 Å². The molecule has 100 valence electrons. The van der Waals surface area contributed by atoms with Gasteiger partial charge in [0.1, 0.15) is 5.75 Å². The average molecular weight is 322 g/mol. The van der Waals surface area contributed by atoms with Gasteiger partial charge < -0.3 is 15.2 Å². The Hall–Kier alpha value is -1.52. The molecule has 1 unspecified atom stereocenters. The van der Waals surface area contributed by atoms with Crippen LogP contribution in [0, 0.1) is 0 Å². The number of benzene rings is 2. The largest absolute Gasteiger partial charge is 0.497 e. The Morgan fingerprint density at radius 3 is 2.42 bits per heavy atom. The Labute approximate surface area is 121 Å². The molecule has 0 aliphatic rings. The van der Waals surface area contributed by atoms with Crippen molar-refractivity contribution >= 4 is 21.6 Å². The summed E-state index contributed by atoms with van der Waals surface area (Å²) < 4.78 is 6.10. The smallest absolute Gasteiger partial charge is 0.118 e. The molecule has 0 saturated heterocycles. The van der Waals surface area contributed by atoms with E-state index in [-0.39, 0.29) is 12.6 Å². The number of methoxy groups -OCH3 is 1. The number of hydrogen-bond donors (Lipinski definition) is 2. The summed E-state index contributed by atoms with van der Waals surface area (Å²) in [5.41, 5.74) is 1.97. The van der Waals surface area contributed by atoms with Crippen LogP contribution in [-0.4, -0.2) is 18.8 Å². The van der Waals surface area contributed by atoms with E-state index in [2.05, 4.69) is 21.2 Å². The number of ether oxygens (including phenoxy) is 1. The van der Waals surface area contributed by atoms with Gasteiger partial charge in [-0.2, -0.15) is 0 Å². The number of nitrogens with one attached hydrogen (secondary N) is 1. The summed E-state index contributed by atoms with van der Waals surface area (Å²) in [6, 6.07) is 15.4. The standard InChI is InChI=1S/C15H16BrNO2/c1-19-12-8-6-11(7-9-12)15(10-18)17-14-5-3-2-4-13(14)16/h2-9,15,17-18H,10H2,1H3.